The average Bonchev–Trinajstić information content (AvgIpc) is 3.07. The molecule has 2 atom stereocenters. The average molecular weight is 356 g/mol. The summed E-state index contributed by atoms with van der Waals surface area (Å²) in [5.41, 5.74) is 3.60. The van der Waals surface area contributed by atoms with Crippen LogP contribution in [0.1, 0.15) is 40.8 Å². The molecule has 1 heterocycles. The summed E-state index contributed by atoms with van der Waals surface area (Å²) >= 11 is 1.58. The Kier molecular flexibility index (Phi) is 5.53. The molecule has 1 aromatic carbocycles. The Bertz CT molecular complexity index is 755. The van der Waals surface area contributed by atoms with Crippen molar-refractivity contribution in [1.82, 2.24) is 10.6 Å². The molecule has 0 spiro atoms. The zero-order valence-corrected chi connectivity index (χ0v) is 15.5. The Morgan fingerprint density at radius 1 is 1.32 bits per heavy atom. The van der Waals surface area contributed by atoms with Crippen molar-refractivity contribution in [1.29, 1.82) is 0 Å². The topological polar surface area (TPSA) is 58.2 Å². The number of hydrogen-bond donors (Lipinski definition) is 2. The minimum absolute atomic E-state index is 0.000219. The third-order valence-corrected chi connectivity index (χ3v) is 5.59. The minimum atomic E-state index is -0.0502. The fraction of sp³-hybridized carbons (Fsp3) is 0.400. The van der Waals surface area contributed by atoms with Gasteiger partial charge in [-0.15, -0.1) is 11.3 Å². The van der Waals surface area contributed by atoms with Gasteiger partial charge in [-0.2, -0.15) is 0 Å². The quantitative estimate of drug-likeness (QED) is 0.801. The first-order valence-electron chi connectivity index (χ1n) is 8.75. The Balaban J connectivity index is 1.49. The second-order valence-corrected chi connectivity index (χ2v) is 7.67. The highest BCUT2D eigenvalue weighted by atomic mass is 32.1. The molecule has 0 saturated heterocycles. The maximum Gasteiger partial charge on any atom is 0.228 e. The Labute approximate surface area is 152 Å². The monoisotopic (exact) mass is 356 g/mol. The van der Waals surface area contributed by atoms with Gasteiger partial charge in [0, 0.05) is 17.5 Å². The molecule has 0 aliphatic heterocycles. The second kappa shape index (κ2) is 7.83. The van der Waals surface area contributed by atoms with Crippen molar-refractivity contribution < 1.29 is 9.59 Å². The largest absolute Gasteiger partial charge is 0.354 e. The standard InChI is InChI=1S/C20H24N2O2S/c1-3-15(12-21-19(23)11-16-5-4-8-25-16)22-20(24)18-10-14-7-6-13(2)9-17(14)18/h4-9,15,18H,3,10-12H2,1-2H3,(H,21,23)(H,22,24)/t15-,18?/m1/s1. The fourth-order valence-electron chi connectivity index (χ4n) is 3.13. The summed E-state index contributed by atoms with van der Waals surface area (Å²) in [5.74, 6) is 0.0167. The van der Waals surface area contributed by atoms with Crippen molar-refractivity contribution in [3.8, 4) is 0 Å². The van der Waals surface area contributed by atoms with Crippen LogP contribution in [0.2, 0.25) is 0 Å². The number of fused-ring (bicyclic) bond motifs is 1. The van der Waals surface area contributed by atoms with E-state index in [9.17, 15) is 9.59 Å². The lowest BCUT2D eigenvalue weighted by Gasteiger charge is -2.31. The molecule has 132 valence electrons. The molecule has 1 unspecified atom stereocenters. The van der Waals surface area contributed by atoms with E-state index in [1.165, 1.54) is 11.1 Å². The van der Waals surface area contributed by atoms with E-state index in [2.05, 4.69) is 28.8 Å². The lowest BCUT2D eigenvalue weighted by molar-refractivity contribution is -0.124. The van der Waals surface area contributed by atoms with Crippen LogP contribution in [0.3, 0.4) is 0 Å². The van der Waals surface area contributed by atoms with Gasteiger partial charge in [-0.25, -0.2) is 0 Å². The maximum absolute atomic E-state index is 12.5. The van der Waals surface area contributed by atoms with E-state index >= 15 is 0 Å². The molecule has 25 heavy (non-hydrogen) atoms. The van der Waals surface area contributed by atoms with Gasteiger partial charge in [0.15, 0.2) is 0 Å². The summed E-state index contributed by atoms with van der Waals surface area (Å²) in [5, 5.41) is 7.99. The lowest BCUT2D eigenvalue weighted by atomic mass is 9.76. The van der Waals surface area contributed by atoms with Crippen LogP contribution in [-0.2, 0) is 22.4 Å². The van der Waals surface area contributed by atoms with Crippen LogP contribution in [0.25, 0.3) is 0 Å². The van der Waals surface area contributed by atoms with E-state index in [0.29, 0.717) is 13.0 Å². The number of aryl methyl sites for hydroxylation is 1. The van der Waals surface area contributed by atoms with Crippen molar-refractivity contribution in [3.05, 3.63) is 57.3 Å². The summed E-state index contributed by atoms with van der Waals surface area (Å²) in [7, 11) is 0. The van der Waals surface area contributed by atoms with E-state index in [1.54, 1.807) is 11.3 Å². The number of carbonyl (C=O) groups is 2. The highest BCUT2D eigenvalue weighted by Gasteiger charge is 2.32. The number of amides is 2. The van der Waals surface area contributed by atoms with Crippen LogP contribution in [-0.4, -0.2) is 24.4 Å². The summed E-state index contributed by atoms with van der Waals surface area (Å²) in [4.78, 5) is 25.6. The molecule has 2 amide bonds. The molecule has 1 aliphatic rings. The van der Waals surface area contributed by atoms with Crippen LogP contribution in [0.15, 0.2) is 35.7 Å². The van der Waals surface area contributed by atoms with Crippen molar-refractivity contribution in [3.63, 3.8) is 0 Å². The number of carbonyl (C=O) groups excluding carboxylic acids is 2. The third kappa shape index (κ3) is 4.28. The number of nitrogens with one attached hydrogen (secondary N) is 2. The van der Waals surface area contributed by atoms with Gasteiger partial charge in [-0.3, -0.25) is 9.59 Å². The molecular formula is C20H24N2O2S. The van der Waals surface area contributed by atoms with Crippen molar-refractivity contribution in [2.24, 2.45) is 0 Å². The predicted molar refractivity (Wildman–Crippen MR) is 101 cm³/mol. The molecule has 5 heteroatoms. The first kappa shape index (κ1) is 17.7. The first-order chi connectivity index (χ1) is 12.1. The summed E-state index contributed by atoms with van der Waals surface area (Å²) < 4.78 is 0. The van der Waals surface area contributed by atoms with Crippen molar-refractivity contribution in [2.75, 3.05) is 6.54 Å². The zero-order chi connectivity index (χ0) is 17.8. The van der Waals surface area contributed by atoms with E-state index in [-0.39, 0.29) is 23.8 Å². The first-order valence-corrected chi connectivity index (χ1v) is 9.63. The molecule has 2 aromatic rings. The normalized spacial score (nSPS) is 16.5. The van der Waals surface area contributed by atoms with Gasteiger partial charge in [0.2, 0.25) is 11.8 Å². The van der Waals surface area contributed by atoms with Gasteiger partial charge in [-0.1, -0.05) is 36.8 Å². The highest BCUT2D eigenvalue weighted by molar-refractivity contribution is 7.10. The Morgan fingerprint density at radius 3 is 2.88 bits per heavy atom. The highest BCUT2D eigenvalue weighted by Crippen LogP contribution is 2.35. The van der Waals surface area contributed by atoms with E-state index in [0.717, 1.165) is 23.3 Å². The Morgan fingerprint density at radius 2 is 2.16 bits per heavy atom. The Hall–Kier alpha value is -2.14. The molecule has 3 rings (SSSR count). The van der Waals surface area contributed by atoms with Crippen LogP contribution in [0, 0.1) is 6.92 Å². The molecule has 0 fully saturated rings. The van der Waals surface area contributed by atoms with E-state index in [4.69, 9.17) is 0 Å². The molecule has 0 radical (unpaired) electrons. The predicted octanol–water partition coefficient (Wildman–Crippen LogP) is 2.95. The summed E-state index contributed by atoms with van der Waals surface area (Å²) in [6.07, 6.45) is 2.00. The SMILES string of the molecule is CC[C@H](CNC(=O)Cc1cccs1)NC(=O)C1Cc2ccc(C)cc21. The maximum atomic E-state index is 12.5. The zero-order valence-electron chi connectivity index (χ0n) is 14.7. The van der Waals surface area contributed by atoms with Crippen molar-refractivity contribution >= 4 is 23.2 Å². The van der Waals surface area contributed by atoms with Crippen LogP contribution in [0.5, 0.6) is 0 Å². The van der Waals surface area contributed by atoms with Gasteiger partial charge in [0.25, 0.3) is 0 Å². The smallest absolute Gasteiger partial charge is 0.228 e. The summed E-state index contributed by atoms with van der Waals surface area (Å²) in [6, 6.07) is 10.2. The number of benzene rings is 1. The number of thiophene rings is 1. The third-order valence-electron chi connectivity index (χ3n) is 4.72. The molecule has 1 aromatic heterocycles. The molecule has 0 saturated carbocycles. The minimum Gasteiger partial charge on any atom is -0.354 e. The second-order valence-electron chi connectivity index (χ2n) is 6.63. The van der Waals surface area contributed by atoms with Crippen molar-refractivity contribution in [2.45, 2.75) is 45.1 Å². The van der Waals surface area contributed by atoms with Gasteiger partial charge in [0.1, 0.15) is 0 Å². The van der Waals surface area contributed by atoms with E-state index < -0.39 is 0 Å². The van der Waals surface area contributed by atoms with Crippen LogP contribution < -0.4 is 10.6 Å². The van der Waals surface area contributed by atoms with Crippen LogP contribution in [0.4, 0.5) is 0 Å². The van der Waals surface area contributed by atoms with Gasteiger partial charge in [0.05, 0.1) is 12.3 Å². The molecule has 1 aliphatic carbocycles. The molecule has 2 N–H and O–H groups in total. The van der Waals surface area contributed by atoms with Crippen LogP contribution >= 0.6 is 11.3 Å². The number of hydrogen-bond acceptors (Lipinski definition) is 3. The fourth-order valence-corrected chi connectivity index (χ4v) is 3.83. The molecule has 0 bridgehead atoms. The molecular weight excluding hydrogens is 332 g/mol. The van der Waals surface area contributed by atoms with Gasteiger partial charge in [-0.05, 0) is 42.3 Å². The van der Waals surface area contributed by atoms with Gasteiger partial charge >= 0.3 is 0 Å². The molecule has 4 nitrogen and oxygen atoms in total. The van der Waals surface area contributed by atoms with Gasteiger partial charge < -0.3 is 10.6 Å². The number of rotatable bonds is 7. The summed E-state index contributed by atoms with van der Waals surface area (Å²) in [6.45, 7) is 4.54. The van der Waals surface area contributed by atoms with E-state index in [1.807, 2.05) is 31.4 Å². The lowest BCUT2D eigenvalue weighted by Crippen LogP contribution is -2.46.